The van der Waals surface area contributed by atoms with Crippen LogP contribution in [-0.4, -0.2) is 57.8 Å². The number of likely N-dealkylation sites (tertiary alicyclic amines) is 2. The molecule has 3 heterocycles. The lowest BCUT2D eigenvalue weighted by Crippen LogP contribution is -2.32. The van der Waals surface area contributed by atoms with E-state index in [4.69, 9.17) is 4.98 Å². The van der Waals surface area contributed by atoms with Gasteiger partial charge in [0.15, 0.2) is 0 Å². The lowest BCUT2D eigenvalue weighted by atomic mass is 10.1. The first kappa shape index (κ1) is 18.0. The Labute approximate surface area is 160 Å². The molecule has 0 N–H and O–H groups in total. The zero-order chi connectivity index (χ0) is 18.8. The minimum absolute atomic E-state index is 0.100. The predicted octanol–water partition coefficient (Wildman–Crippen LogP) is 2.77. The Bertz CT molecular complexity index is 836. The third kappa shape index (κ3) is 3.70. The molecule has 6 nitrogen and oxygen atoms in total. The maximum atomic E-state index is 12.7. The number of rotatable bonds is 4. The van der Waals surface area contributed by atoms with Crippen molar-refractivity contribution in [2.75, 3.05) is 26.7 Å². The minimum Gasteiger partial charge on any atom is -0.345 e. The third-order valence-corrected chi connectivity index (χ3v) is 5.90. The highest BCUT2D eigenvalue weighted by molar-refractivity contribution is 5.81. The largest absolute Gasteiger partial charge is 0.345 e. The average Bonchev–Trinajstić information content (AvgIpc) is 3.06. The molecular formula is C21H28N4O2. The van der Waals surface area contributed by atoms with Gasteiger partial charge < -0.3 is 14.4 Å². The van der Waals surface area contributed by atoms with E-state index in [1.165, 1.54) is 12.8 Å². The topological polar surface area (TPSA) is 58.4 Å². The third-order valence-electron chi connectivity index (χ3n) is 5.90. The predicted molar refractivity (Wildman–Crippen MR) is 104 cm³/mol. The van der Waals surface area contributed by atoms with Crippen molar-refractivity contribution in [3.05, 3.63) is 30.1 Å². The zero-order valence-corrected chi connectivity index (χ0v) is 16.1. The van der Waals surface area contributed by atoms with Crippen LogP contribution in [-0.2, 0) is 16.1 Å². The van der Waals surface area contributed by atoms with Gasteiger partial charge in [-0.25, -0.2) is 4.98 Å². The van der Waals surface area contributed by atoms with Crippen LogP contribution in [0.3, 0.4) is 0 Å². The summed E-state index contributed by atoms with van der Waals surface area (Å²) in [4.78, 5) is 33.4. The lowest BCUT2D eigenvalue weighted by Gasteiger charge is -2.21. The van der Waals surface area contributed by atoms with Gasteiger partial charge in [0.2, 0.25) is 11.8 Å². The summed E-state index contributed by atoms with van der Waals surface area (Å²) in [5.74, 6) is 1.44. The number of carbonyl (C=O) groups is 2. The number of amides is 2. The van der Waals surface area contributed by atoms with E-state index in [1.54, 1.807) is 4.90 Å². The molecule has 1 aromatic carbocycles. The molecule has 1 unspecified atom stereocenters. The molecule has 1 atom stereocenters. The number of carbonyl (C=O) groups excluding carboxylic acids is 2. The molecule has 2 fully saturated rings. The van der Waals surface area contributed by atoms with E-state index in [2.05, 4.69) is 10.6 Å². The lowest BCUT2D eigenvalue weighted by molar-refractivity contribution is -0.131. The van der Waals surface area contributed by atoms with Gasteiger partial charge in [-0.2, -0.15) is 0 Å². The van der Waals surface area contributed by atoms with Crippen LogP contribution in [0.2, 0.25) is 0 Å². The number of aromatic nitrogens is 2. The average molecular weight is 368 g/mol. The number of hydrogen-bond acceptors (Lipinski definition) is 3. The molecule has 4 rings (SSSR count). The van der Waals surface area contributed by atoms with Crippen LogP contribution in [0.1, 0.15) is 50.3 Å². The second-order valence-corrected chi connectivity index (χ2v) is 7.83. The highest BCUT2D eigenvalue weighted by Gasteiger charge is 2.32. The first-order valence-corrected chi connectivity index (χ1v) is 10.1. The van der Waals surface area contributed by atoms with E-state index in [9.17, 15) is 9.59 Å². The number of aryl methyl sites for hydroxylation is 1. The number of benzene rings is 1. The Hall–Kier alpha value is -2.37. The molecule has 27 heavy (non-hydrogen) atoms. The van der Waals surface area contributed by atoms with Crippen molar-refractivity contribution in [1.82, 2.24) is 19.4 Å². The summed E-state index contributed by atoms with van der Waals surface area (Å²) < 4.78 is 2.17. The number of likely N-dealkylation sites (N-methyl/N-ethyl adjacent to an activating group) is 1. The normalized spacial score (nSPS) is 21.1. The minimum atomic E-state index is 0.100. The highest BCUT2D eigenvalue weighted by Crippen LogP contribution is 2.30. The standard InChI is InChI=1S/C21H28N4O2/c1-23-15-16(14-20(23)27)21-22-17-8-4-5-9-18(17)25(21)13-10-19(26)24-11-6-2-3-7-12-24/h4-5,8-9,16H,2-3,6-7,10-15H2,1H3. The molecule has 2 saturated heterocycles. The number of hydrogen-bond donors (Lipinski definition) is 0. The van der Waals surface area contributed by atoms with Crippen molar-refractivity contribution in [2.45, 2.75) is 51.0 Å². The Kier molecular flexibility index (Phi) is 5.14. The summed E-state index contributed by atoms with van der Waals surface area (Å²) in [5, 5.41) is 0. The maximum Gasteiger partial charge on any atom is 0.224 e. The molecule has 0 saturated carbocycles. The molecule has 0 aliphatic carbocycles. The van der Waals surface area contributed by atoms with Crippen LogP contribution < -0.4 is 0 Å². The van der Waals surface area contributed by atoms with E-state index in [0.29, 0.717) is 25.9 Å². The van der Waals surface area contributed by atoms with Crippen LogP contribution in [0.4, 0.5) is 0 Å². The van der Waals surface area contributed by atoms with Gasteiger partial charge in [-0.15, -0.1) is 0 Å². The molecule has 0 radical (unpaired) electrons. The molecule has 0 bridgehead atoms. The quantitative estimate of drug-likeness (QED) is 0.834. The number of imidazole rings is 1. The zero-order valence-electron chi connectivity index (χ0n) is 16.1. The van der Waals surface area contributed by atoms with Crippen LogP contribution >= 0.6 is 0 Å². The summed E-state index contributed by atoms with van der Waals surface area (Å²) in [6.45, 7) is 3.10. The summed E-state index contributed by atoms with van der Waals surface area (Å²) in [6, 6.07) is 8.06. The van der Waals surface area contributed by atoms with Gasteiger partial charge in [-0.05, 0) is 25.0 Å². The van der Waals surface area contributed by atoms with Crippen LogP contribution in [0, 0.1) is 0 Å². The Morgan fingerprint density at radius 2 is 1.89 bits per heavy atom. The van der Waals surface area contributed by atoms with Gasteiger partial charge in [-0.3, -0.25) is 9.59 Å². The fraction of sp³-hybridized carbons (Fsp3) is 0.571. The monoisotopic (exact) mass is 368 g/mol. The second kappa shape index (κ2) is 7.71. The summed E-state index contributed by atoms with van der Waals surface area (Å²) >= 11 is 0. The first-order valence-electron chi connectivity index (χ1n) is 10.1. The molecule has 144 valence electrons. The van der Waals surface area contributed by atoms with E-state index >= 15 is 0 Å². The molecular weight excluding hydrogens is 340 g/mol. The fourth-order valence-electron chi connectivity index (χ4n) is 4.36. The summed E-state index contributed by atoms with van der Waals surface area (Å²) in [6.07, 6.45) is 5.67. The molecule has 1 aromatic heterocycles. The van der Waals surface area contributed by atoms with Crippen molar-refractivity contribution in [3.63, 3.8) is 0 Å². The highest BCUT2D eigenvalue weighted by atomic mass is 16.2. The van der Waals surface area contributed by atoms with Gasteiger partial charge >= 0.3 is 0 Å². The van der Waals surface area contributed by atoms with Gasteiger partial charge in [0, 0.05) is 52.0 Å². The molecule has 2 aliphatic heterocycles. The molecule has 2 amide bonds. The van der Waals surface area contributed by atoms with Crippen molar-refractivity contribution >= 4 is 22.8 Å². The van der Waals surface area contributed by atoms with Gasteiger partial charge in [0.25, 0.3) is 0 Å². The van der Waals surface area contributed by atoms with E-state index in [0.717, 1.165) is 42.8 Å². The van der Waals surface area contributed by atoms with Crippen molar-refractivity contribution in [1.29, 1.82) is 0 Å². The van der Waals surface area contributed by atoms with Crippen molar-refractivity contribution < 1.29 is 9.59 Å². The van der Waals surface area contributed by atoms with Crippen LogP contribution in [0.25, 0.3) is 11.0 Å². The van der Waals surface area contributed by atoms with Crippen molar-refractivity contribution in [3.8, 4) is 0 Å². The summed E-state index contributed by atoms with van der Waals surface area (Å²) in [7, 11) is 1.85. The SMILES string of the molecule is CN1CC(c2nc3ccccc3n2CCC(=O)N2CCCCCC2)CC1=O. The van der Waals surface area contributed by atoms with E-state index < -0.39 is 0 Å². The number of nitrogens with zero attached hydrogens (tertiary/aromatic N) is 4. The van der Waals surface area contributed by atoms with Crippen molar-refractivity contribution in [2.24, 2.45) is 0 Å². The second-order valence-electron chi connectivity index (χ2n) is 7.83. The Morgan fingerprint density at radius 3 is 2.59 bits per heavy atom. The molecule has 0 spiro atoms. The molecule has 2 aromatic rings. The van der Waals surface area contributed by atoms with Gasteiger partial charge in [0.1, 0.15) is 5.82 Å². The summed E-state index contributed by atoms with van der Waals surface area (Å²) in [5.41, 5.74) is 2.00. The van der Waals surface area contributed by atoms with E-state index in [1.807, 2.05) is 30.1 Å². The maximum absolute atomic E-state index is 12.7. The van der Waals surface area contributed by atoms with Gasteiger partial charge in [-0.1, -0.05) is 25.0 Å². The van der Waals surface area contributed by atoms with E-state index in [-0.39, 0.29) is 17.7 Å². The van der Waals surface area contributed by atoms with Crippen LogP contribution in [0.15, 0.2) is 24.3 Å². The number of para-hydroxylation sites is 2. The smallest absolute Gasteiger partial charge is 0.224 e. The molecule has 2 aliphatic rings. The van der Waals surface area contributed by atoms with Gasteiger partial charge in [0.05, 0.1) is 11.0 Å². The van der Waals surface area contributed by atoms with Crippen LogP contribution in [0.5, 0.6) is 0 Å². The first-order chi connectivity index (χ1) is 13.1. The molecule has 6 heteroatoms. The number of fused-ring (bicyclic) bond motifs is 1. The fourth-order valence-corrected chi connectivity index (χ4v) is 4.36. The Balaban J connectivity index is 1.55. The Morgan fingerprint density at radius 1 is 1.15 bits per heavy atom.